The Balaban J connectivity index is 2.13. The van der Waals surface area contributed by atoms with Crippen molar-refractivity contribution in [1.29, 1.82) is 0 Å². The summed E-state index contributed by atoms with van der Waals surface area (Å²) in [6.45, 7) is 0.105. The van der Waals surface area contributed by atoms with Gasteiger partial charge in [0.05, 0.1) is 5.02 Å². The molecule has 104 valence electrons. The smallest absolute Gasteiger partial charge is 0.129 e. The van der Waals surface area contributed by atoms with Gasteiger partial charge in [0.1, 0.15) is 23.2 Å². The average Bonchev–Trinajstić information content (AvgIpc) is 2.39. The molecule has 20 heavy (non-hydrogen) atoms. The molecule has 0 atom stereocenters. The van der Waals surface area contributed by atoms with Crippen LogP contribution in [0.25, 0.3) is 0 Å². The summed E-state index contributed by atoms with van der Waals surface area (Å²) in [6.07, 6.45) is 0. The monoisotopic (exact) mass is 373 g/mol. The molecule has 0 aromatic heterocycles. The summed E-state index contributed by atoms with van der Waals surface area (Å²) in [5.41, 5.74) is 6.56. The van der Waals surface area contributed by atoms with Crippen LogP contribution in [0.2, 0.25) is 5.02 Å². The molecule has 6 heteroatoms. The number of nitrogens with two attached hydrogens (primary N) is 1. The predicted molar refractivity (Wildman–Crippen MR) is 85.8 cm³/mol. The van der Waals surface area contributed by atoms with Crippen molar-refractivity contribution in [3.63, 3.8) is 0 Å². The Labute approximate surface area is 134 Å². The summed E-state index contributed by atoms with van der Waals surface area (Å²) >= 11 is 14.2. The fourth-order valence-corrected chi connectivity index (χ4v) is 2.52. The minimum atomic E-state index is -0.320. The van der Waals surface area contributed by atoms with Crippen molar-refractivity contribution in [3.05, 3.63) is 62.8 Å². The highest BCUT2D eigenvalue weighted by Gasteiger charge is 2.07. The lowest BCUT2D eigenvalue weighted by Gasteiger charge is -2.09. The number of hydrogen-bond donors (Lipinski definition) is 1. The number of rotatable bonds is 4. The van der Waals surface area contributed by atoms with E-state index in [0.29, 0.717) is 21.9 Å². The van der Waals surface area contributed by atoms with E-state index in [0.717, 1.165) is 4.47 Å². The third kappa shape index (κ3) is 3.69. The Kier molecular flexibility index (Phi) is 4.96. The van der Waals surface area contributed by atoms with Gasteiger partial charge in [0.25, 0.3) is 0 Å². The SMILES string of the molecule is NC(=S)c1ccc(OCc2cc(Br)ccc2F)cc1Cl. The zero-order valence-corrected chi connectivity index (χ0v) is 13.4. The van der Waals surface area contributed by atoms with Gasteiger partial charge in [-0.3, -0.25) is 0 Å². The van der Waals surface area contributed by atoms with Crippen LogP contribution in [0, 0.1) is 5.82 Å². The second kappa shape index (κ2) is 6.52. The summed E-state index contributed by atoms with van der Waals surface area (Å²) in [5.74, 6) is 0.202. The summed E-state index contributed by atoms with van der Waals surface area (Å²) < 4.78 is 19.9. The topological polar surface area (TPSA) is 35.2 Å². The van der Waals surface area contributed by atoms with Gasteiger partial charge < -0.3 is 10.5 Å². The van der Waals surface area contributed by atoms with Gasteiger partial charge in [-0.1, -0.05) is 39.7 Å². The van der Waals surface area contributed by atoms with Gasteiger partial charge in [-0.2, -0.15) is 0 Å². The van der Waals surface area contributed by atoms with Crippen molar-refractivity contribution in [2.45, 2.75) is 6.61 Å². The Morgan fingerprint density at radius 2 is 2.05 bits per heavy atom. The summed E-state index contributed by atoms with van der Waals surface area (Å²) in [6, 6.07) is 9.65. The van der Waals surface area contributed by atoms with Gasteiger partial charge in [-0.15, -0.1) is 0 Å². The third-order valence-corrected chi connectivity index (χ3v) is 3.63. The first-order valence-electron chi connectivity index (χ1n) is 5.63. The lowest BCUT2D eigenvalue weighted by Crippen LogP contribution is -2.10. The number of halogens is 3. The van der Waals surface area contributed by atoms with Gasteiger partial charge in [-0.25, -0.2) is 4.39 Å². The molecular formula is C14H10BrClFNOS. The van der Waals surface area contributed by atoms with E-state index in [9.17, 15) is 4.39 Å². The lowest BCUT2D eigenvalue weighted by atomic mass is 10.2. The maximum atomic E-state index is 13.6. The molecule has 0 unspecified atom stereocenters. The van der Waals surface area contributed by atoms with Crippen molar-refractivity contribution in [1.82, 2.24) is 0 Å². The first-order chi connectivity index (χ1) is 9.47. The molecule has 2 N–H and O–H groups in total. The molecule has 0 saturated carbocycles. The van der Waals surface area contributed by atoms with E-state index in [1.165, 1.54) is 6.07 Å². The highest BCUT2D eigenvalue weighted by atomic mass is 79.9. The first-order valence-corrected chi connectivity index (χ1v) is 7.21. The van der Waals surface area contributed by atoms with Gasteiger partial charge in [0, 0.05) is 15.6 Å². The van der Waals surface area contributed by atoms with E-state index in [1.54, 1.807) is 30.3 Å². The van der Waals surface area contributed by atoms with E-state index >= 15 is 0 Å². The van der Waals surface area contributed by atoms with Gasteiger partial charge >= 0.3 is 0 Å². The van der Waals surface area contributed by atoms with Gasteiger partial charge in [0.2, 0.25) is 0 Å². The quantitative estimate of drug-likeness (QED) is 0.803. The predicted octanol–water partition coefficient (Wildman–Crippen LogP) is 4.45. The Morgan fingerprint density at radius 1 is 1.30 bits per heavy atom. The van der Waals surface area contributed by atoms with Crippen molar-refractivity contribution in [2.24, 2.45) is 5.73 Å². The lowest BCUT2D eigenvalue weighted by molar-refractivity contribution is 0.300. The molecule has 0 aliphatic carbocycles. The molecule has 0 fully saturated rings. The average molecular weight is 375 g/mol. The van der Waals surface area contributed by atoms with Crippen LogP contribution < -0.4 is 10.5 Å². The fourth-order valence-electron chi connectivity index (χ4n) is 1.60. The van der Waals surface area contributed by atoms with Crippen LogP contribution in [-0.2, 0) is 6.61 Å². The zero-order chi connectivity index (χ0) is 14.7. The van der Waals surface area contributed by atoms with Crippen molar-refractivity contribution in [3.8, 4) is 5.75 Å². The normalized spacial score (nSPS) is 10.3. The van der Waals surface area contributed by atoms with E-state index in [2.05, 4.69) is 15.9 Å². The Hall–Kier alpha value is -1.17. The highest BCUT2D eigenvalue weighted by molar-refractivity contribution is 9.10. The molecule has 0 saturated heterocycles. The molecule has 2 nitrogen and oxygen atoms in total. The largest absolute Gasteiger partial charge is 0.489 e. The third-order valence-electron chi connectivity index (χ3n) is 2.61. The molecule has 0 aliphatic heterocycles. The molecule has 2 rings (SSSR count). The van der Waals surface area contributed by atoms with Crippen LogP contribution in [0.1, 0.15) is 11.1 Å². The number of ether oxygens (including phenoxy) is 1. The second-order valence-electron chi connectivity index (χ2n) is 4.03. The summed E-state index contributed by atoms with van der Waals surface area (Å²) in [5, 5.41) is 0.407. The summed E-state index contributed by atoms with van der Waals surface area (Å²) in [7, 11) is 0. The fraction of sp³-hybridized carbons (Fsp3) is 0.0714. The van der Waals surface area contributed by atoms with Crippen LogP contribution in [0.15, 0.2) is 40.9 Å². The molecule has 2 aromatic carbocycles. The standard InChI is InChI=1S/C14H10BrClFNOS/c15-9-1-4-13(17)8(5-9)7-19-10-2-3-11(14(18)20)12(16)6-10/h1-6H,7H2,(H2,18,20). The number of benzene rings is 2. The van der Waals surface area contributed by atoms with Gasteiger partial charge in [-0.05, 0) is 36.4 Å². The number of hydrogen-bond acceptors (Lipinski definition) is 2. The molecular weight excluding hydrogens is 365 g/mol. The molecule has 0 heterocycles. The van der Waals surface area contributed by atoms with Crippen molar-refractivity contribution in [2.75, 3.05) is 0 Å². The summed E-state index contributed by atoms with van der Waals surface area (Å²) in [4.78, 5) is 0.222. The van der Waals surface area contributed by atoms with E-state index in [4.69, 9.17) is 34.3 Å². The van der Waals surface area contributed by atoms with Crippen LogP contribution in [0.4, 0.5) is 4.39 Å². The molecule has 0 amide bonds. The second-order valence-corrected chi connectivity index (χ2v) is 5.79. The first kappa shape index (κ1) is 15.2. The highest BCUT2D eigenvalue weighted by Crippen LogP contribution is 2.24. The molecule has 0 aliphatic rings. The maximum Gasteiger partial charge on any atom is 0.129 e. The Bertz CT molecular complexity index is 666. The van der Waals surface area contributed by atoms with Crippen LogP contribution in [-0.4, -0.2) is 4.99 Å². The maximum absolute atomic E-state index is 13.6. The van der Waals surface area contributed by atoms with E-state index in [-0.39, 0.29) is 17.4 Å². The minimum absolute atomic E-state index is 0.105. The van der Waals surface area contributed by atoms with E-state index < -0.39 is 0 Å². The Morgan fingerprint density at radius 3 is 2.70 bits per heavy atom. The molecule has 0 spiro atoms. The van der Waals surface area contributed by atoms with Crippen LogP contribution in [0.5, 0.6) is 5.75 Å². The minimum Gasteiger partial charge on any atom is -0.489 e. The van der Waals surface area contributed by atoms with Crippen molar-refractivity contribution < 1.29 is 9.13 Å². The van der Waals surface area contributed by atoms with Crippen LogP contribution >= 0.6 is 39.7 Å². The molecule has 0 radical (unpaired) electrons. The number of thiocarbonyl (C=S) groups is 1. The molecule has 2 aromatic rings. The van der Waals surface area contributed by atoms with Gasteiger partial charge in [0.15, 0.2) is 0 Å². The van der Waals surface area contributed by atoms with Crippen molar-refractivity contribution >= 4 is 44.7 Å². The van der Waals surface area contributed by atoms with Crippen LogP contribution in [0.3, 0.4) is 0 Å². The molecule has 0 bridgehead atoms. The zero-order valence-electron chi connectivity index (χ0n) is 10.2. The van der Waals surface area contributed by atoms with E-state index in [1.807, 2.05) is 0 Å².